The number of nitrogens with zero attached hydrogens (tertiary/aromatic N) is 1. The highest BCUT2D eigenvalue weighted by Crippen LogP contribution is 2.59. The second-order valence-electron chi connectivity index (χ2n) is 8.29. The molecule has 182 valence electrons. The zero-order valence-electron chi connectivity index (χ0n) is 18.6. The van der Waals surface area contributed by atoms with E-state index in [1.807, 2.05) is 0 Å². The summed E-state index contributed by atoms with van der Waals surface area (Å²) in [6.07, 6.45) is -6.08. The second kappa shape index (κ2) is 8.23. The van der Waals surface area contributed by atoms with Gasteiger partial charge in [-0.3, -0.25) is 0 Å². The molecule has 1 aliphatic rings. The molecule has 0 unspecified atom stereocenters. The first kappa shape index (κ1) is 23.9. The number of fused-ring (bicyclic) bond motifs is 1. The van der Waals surface area contributed by atoms with Crippen LogP contribution >= 0.6 is 0 Å². The summed E-state index contributed by atoms with van der Waals surface area (Å²) < 4.78 is 86.0. The van der Waals surface area contributed by atoms with Crippen LogP contribution in [0.1, 0.15) is 47.6 Å². The summed E-state index contributed by atoms with van der Waals surface area (Å²) in [6, 6.07) is 6.45. The van der Waals surface area contributed by atoms with E-state index in [4.69, 9.17) is 9.47 Å². The third kappa shape index (κ3) is 3.58. The number of H-pyrrole nitrogens is 1. The molecule has 6 nitrogen and oxygen atoms in total. The molecule has 1 N–H and O–H groups in total. The molecule has 2 heterocycles. The first-order valence-electron chi connectivity index (χ1n) is 10.3. The standard InChI is InChI=1S/C23H21F5N2O4/c1-10-16(12-6-7-13(24)17(25)18(12)32-3)19(34-22(10,2)23(26,27)28)20-29-14-8-5-11(21(31)33-4)9-15(14)30-20/h5-10,16,19H,1-4H3,(H,29,30)/t10-,16-,19+,22+/m0/s1. The lowest BCUT2D eigenvalue weighted by atomic mass is 9.77. The van der Waals surface area contributed by atoms with Gasteiger partial charge in [0.25, 0.3) is 0 Å². The maximum Gasteiger partial charge on any atom is 0.417 e. The Morgan fingerprint density at radius 1 is 1.18 bits per heavy atom. The van der Waals surface area contributed by atoms with E-state index >= 15 is 0 Å². The minimum Gasteiger partial charge on any atom is -0.493 e. The Hall–Kier alpha value is -3.21. The van der Waals surface area contributed by atoms with E-state index in [2.05, 4.69) is 14.7 Å². The number of aromatic nitrogens is 2. The van der Waals surface area contributed by atoms with Gasteiger partial charge in [-0.2, -0.15) is 17.6 Å². The van der Waals surface area contributed by atoms with Crippen molar-refractivity contribution in [2.75, 3.05) is 14.2 Å². The van der Waals surface area contributed by atoms with Crippen LogP contribution in [0.3, 0.4) is 0 Å². The molecule has 0 bridgehead atoms. The van der Waals surface area contributed by atoms with Gasteiger partial charge in [-0.1, -0.05) is 13.0 Å². The van der Waals surface area contributed by atoms with E-state index in [1.54, 1.807) is 0 Å². The lowest BCUT2D eigenvalue weighted by Gasteiger charge is -2.32. The van der Waals surface area contributed by atoms with E-state index in [9.17, 15) is 26.7 Å². The fourth-order valence-corrected chi connectivity index (χ4v) is 4.46. The molecule has 1 aromatic heterocycles. The molecule has 4 rings (SSSR count). The fraction of sp³-hybridized carbons (Fsp3) is 0.391. The number of hydrogen-bond donors (Lipinski definition) is 1. The van der Waals surface area contributed by atoms with Gasteiger partial charge in [0.15, 0.2) is 17.2 Å². The number of rotatable bonds is 4. The summed E-state index contributed by atoms with van der Waals surface area (Å²) in [7, 11) is 2.33. The average molecular weight is 484 g/mol. The van der Waals surface area contributed by atoms with Crippen LogP contribution in [0.25, 0.3) is 11.0 Å². The lowest BCUT2D eigenvalue weighted by molar-refractivity contribution is -0.275. The van der Waals surface area contributed by atoms with E-state index in [0.29, 0.717) is 11.0 Å². The molecule has 1 fully saturated rings. The molecular weight excluding hydrogens is 463 g/mol. The molecule has 0 spiro atoms. The predicted octanol–water partition coefficient (Wildman–Crippen LogP) is 5.45. The molecular formula is C23H21F5N2O4. The third-order valence-electron chi connectivity index (χ3n) is 6.50. The van der Waals surface area contributed by atoms with Gasteiger partial charge in [-0.25, -0.2) is 14.2 Å². The summed E-state index contributed by atoms with van der Waals surface area (Å²) >= 11 is 0. The highest BCUT2D eigenvalue weighted by atomic mass is 19.4. The van der Waals surface area contributed by atoms with Crippen LogP contribution in [0.5, 0.6) is 5.75 Å². The molecule has 4 atom stereocenters. The Labute approximate surface area is 191 Å². The normalized spacial score (nSPS) is 25.0. The van der Waals surface area contributed by atoms with Crippen molar-refractivity contribution in [3.05, 3.63) is 58.9 Å². The molecule has 1 saturated heterocycles. The van der Waals surface area contributed by atoms with Crippen molar-refractivity contribution >= 4 is 17.0 Å². The Bertz CT molecular complexity index is 1260. The van der Waals surface area contributed by atoms with Crippen LogP contribution < -0.4 is 4.74 Å². The second-order valence-corrected chi connectivity index (χ2v) is 8.29. The van der Waals surface area contributed by atoms with Gasteiger partial charge in [-0.05, 0) is 31.2 Å². The van der Waals surface area contributed by atoms with Gasteiger partial charge in [-0.15, -0.1) is 0 Å². The fourth-order valence-electron chi connectivity index (χ4n) is 4.46. The summed E-state index contributed by atoms with van der Waals surface area (Å²) in [4.78, 5) is 19.1. The topological polar surface area (TPSA) is 73.4 Å². The monoisotopic (exact) mass is 484 g/mol. The summed E-state index contributed by atoms with van der Waals surface area (Å²) in [5.41, 5.74) is -1.65. The van der Waals surface area contributed by atoms with Crippen molar-refractivity contribution < 1.29 is 41.0 Å². The Morgan fingerprint density at radius 3 is 2.50 bits per heavy atom. The molecule has 1 aliphatic heterocycles. The van der Waals surface area contributed by atoms with Crippen LogP contribution in [0, 0.1) is 17.6 Å². The molecule has 0 aliphatic carbocycles. The highest BCUT2D eigenvalue weighted by molar-refractivity contribution is 5.93. The number of nitrogens with one attached hydrogen (secondary N) is 1. The Kier molecular flexibility index (Phi) is 5.79. The number of halogens is 5. The van der Waals surface area contributed by atoms with Crippen molar-refractivity contribution in [1.82, 2.24) is 9.97 Å². The van der Waals surface area contributed by atoms with E-state index < -0.39 is 53.1 Å². The average Bonchev–Trinajstić information content (AvgIpc) is 3.33. The van der Waals surface area contributed by atoms with Crippen LogP contribution in [-0.2, 0) is 9.47 Å². The van der Waals surface area contributed by atoms with Crippen LogP contribution in [-0.4, -0.2) is 41.9 Å². The van der Waals surface area contributed by atoms with Crippen molar-refractivity contribution in [3.63, 3.8) is 0 Å². The van der Waals surface area contributed by atoms with Crippen LogP contribution in [0.4, 0.5) is 22.0 Å². The lowest BCUT2D eigenvalue weighted by Crippen LogP contribution is -2.46. The molecule has 0 amide bonds. The zero-order chi connectivity index (χ0) is 25.0. The van der Waals surface area contributed by atoms with Crippen molar-refractivity contribution in [3.8, 4) is 5.75 Å². The number of benzene rings is 2. The van der Waals surface area contributed by atoms with Gasteiger partial charge in [0.2, 0.25) is 5.82 Å². The number of methoxy groups -OCH3 is 2. The summed E-state index contributed by atoms with van der Waals surface area (Å²) in [6.45, 7) is 2.24. The van der Waals surface area contributed by atoms with Gasteiger partial charge in [0.1, 0.15) is 11.9 Å². The maximum atomic E-state index is 14.5. The highest BCUT2D eigenvalue weighted by Gasteiger charge is 2.65. The smallest absolute Gasteiger partial charge is 0.417 e. The number of carbonyl (C=O) groups excluding carboxylic acids is 1. The SMILES string of the molecule is COC(=O)c1ccc2nc([C@@H]3O[C@@](C)(C(F)(F)F)[C@@H](C)[C@H]3c3ccc(F)c(F)c3OC)[nH]c2c1. The summed E-state index contributed by atoms with van der Waals surface area (Å²) in [5, 5.41) is 0. The minimum absolute atomic E-state index is 0.0163. The minimum atomic E-state index is -4.77. The van der Waals surface area contributed by atoms with E-state index in [-0.39, 0.29) is 17.0 Å². The number of aromatic amines is 1. The van der Waals surface area contributed by atoms with Gasteiger partial charge in [0, 0.05) is 17.4 Å². The molecule has 34 heavy (non-hydrogen) atoms. The third-order valence-corrected chi connectivity index (χ3v) is 6.50. The van der Waals surface area contributed by atoms with Crippen LogP contribution in [0.2, 0.25) is 0 Å². The largest absolute Gasteiger partial charge is 0.493 e. The van der Waals surface area contributed by atoms with Gasteiger partial charge >= 0.3 is 12.1 Å². The van der Waals surface area contributed by atoms with E-state index in [1.165, 1.54) is 38.3 Å². The molecule has 0 radical (unpaired) electrons. The molecule has 3 aromatic rings. The van der Waals surface area contributed by atoms with Crippen molar-refractivity contribution in [2.24, 2.45) is 5.92 Å². The zero-order valence-corrected chi connectivity index (χ0v) is 18.6. The molecule has 2 aromatic carbocycles. The molecule has 0 saturated carbocycles. The first-order valence-corrected chi connectivity index (χ1v) is 10.3. The number of carbonyl (C=O) groups is 1. The van der Waals surface area contributed by atoms with Gasteiger partial charge in [0.05, 0.1) is 30.8 Å². The quantitative estimate of drug-likeness (QED) is 0.394. The first-order chi connectivity index (χ1) is 15.9. The number of esters is 1. The predicted molar refractivity (Wildman–Crippen MR) is 111 cm³/mol. The van der Waals surface area contributed by atoms with E-state index in [0.717, 1.165) is 20.1 Å². The Balaban J connectivity index is 1.89. The Morgan fingerprint density at radius 2 is 1.88 bits per heavy atom. The maximum absolute atomic E-state index is 14.5. The number of imidazole rings is 1. The van der Waals surface area contributed by atoms with Crippen LogP contribution in [0.15, 0.2) is 30.3 Å². The van der Waals surface area contributed by atoms with Crippen molar-refractivity contribution in [1.29, 1.82) is 0 Å². The number of ether oxygens (including phenoxy) is 3. The number of hydrogen-bond acceptors (Lipinski definition) is 5. The van der Waals surface area contributed by atoms with Crippen molar-refractivity contribution in [2.45, 2.75) is 37.6 Å². The summed E-state index contributed by atoms with van der Waals surface area (Å²) in [5.74, 6) is -5.89. The number of alkyl halides is 3. The molecule has 11 heteroatoms. The van der Waals surface area contributed by atoms with Gasteiger partial charge < -0.3 is 19.2 Å².